The number of nitrogens with zero attached hydrogens (tertiary/aromatic N) is 1. The summed E-state index contributed by atoms with van der Waals surface area (Å²) in [6.07, 6.45) is 1.67. The predicted octanol–water partition coefficient (Wildman–Crippen LogP) is 3.48. The van der Waals surface area contributed by atoms with Crippen LogP contribution in [0.5, 0.6) is 5.75 Å². The summed E-state index contributed by atoms with van der Waals surface area (Å²) in [6.45, 7) is 1.82. The molecular weight excluding hydrogens is 373 g/mol. The van der Waals surface area contributed by atoms with Gasteiger partial charge < -0.3 is 15.4 Å². The molecule has 148 valence electrons. The lowest BCUT2D eigenvalue weighted by molar-refractivity contribution is -0.118. The molecule has 7 heteroatoms. The fourth-order valence-corrected chi connectivity index (χ4v) is 2.63. The summed E-state index contributed by atoms with van der Waals surface area (Å²) in [5.41, 5.74) is 2.10. The molecule has 0 aliphatic heterocycles. The van der Waals surface area contributed by atoms with E-state index < -0.39 is 11.7 Å². The number of nitrogens with one attached hydrogen (secondary N) is 2. The van der Waals surface area contributed by atoms with Gasteiger partial charge in [0.2, 0.25) is 0 Å². The second-order valence-corrected chi connectivity index (χ2v) is 6.26. The molecule has 0 bridgehead atoms. The van der Waals surface area contributed by atoms with Gasteiger partial charge in [0.25, 0.3) is 11.8 Å². The van der Waals surface area contributed by atoms with Crippen LogP contribution in [0.1, 0.15) is 21.6 Å². The molecule has 0 atom stereocenters. The molecule has 1 aromatic heterocycles. The Morgan fingerprint density at radius 3 is 2.59 bits per heavy atom. The fourth-order valence-electron chi connectivity index (χ4n) is 2.63. The third kappa shape index (κ3) is 5.38. The number of carbonyl (C=O) groups excluding carboxylic acids is 2. The third-order valence-corrected chi connectivity index (χ3v) is 4.17. The molecule has 3 rings (SSSR count). The zero-order chi connectivity index (χ0) is 20.6. The fraction of sp³-hybridized carbons (Fsp3) is 0.136. The van der Waals surface area contributed by atoms with Gasteiger partial charge in [0, 0.05) is 6.20 Å². The zero-order valence-electron chi connectivity index (χ0n) is 15.8. The number of aromatic nitrogens is 1. The number of anilines is 1. The largest absolute Gasteiger partial charge is 0.483 e. The highest BCUT2D eigenvalue weighted by Crippen LogP contribution is 2.18. The van der Waals surface area contributed by atoms with Crippen molar-refractivity contribution in [2.45, 2.75) is 13.5 Å². The summed E-state index contributed by atoms with van der Waals surface area (Å²) in [5, 5.41) is 5.23. The number of halogens is 1. The van der Waals surface area contributed by atoms with Crippen molar-refractivity contribution in [2.24, 2.45) is 0 Å². The SMILES string of the molecule is Cc1cccnc1CNC(=O)c1ccccc1OCC(=O)Nc1ccccc1F. The van der Waals surface area contributed by atoms with Crippen molar-refractivity contribution < 1.29 is 18.7 Å². The Morgan fingerprint density at radius 2 is 1.79 bits per heavy atom. The van der Waals surface area contributed by atoms with Crippen molar-refractivity contribution in [3.8, 4) is 5.75 Å². The van der Waals surface area contributed by atoms with Crippen LogP contribution in [0.2, 0.25) is 0 Å². The molecule has 3 aromatic rings. The first-order chi connectivity index (χ1) is 14.0. The van der Waals surface area contributed by atoms with E-state index >= 15 is 0 Å². The average Bonchev–Trinajstić information content (AvgIpc) is 2.73. The molecule has 0 saturated heterocycles. The van der Waals surface area contributed by atoms with Gasteiger partial charge in [-0.2, -0.15) is 0 Å². The molecular formula is C22H20FN3O3. The maximum Gasteiger partial charge on any atom is 0.262 e. The van der Waals surface area contributed by atoms with Crippen LogP contribution in [0.15, 0.2) is 66.9 Å². The molecule has 1 heterocycles. The minimum absolute atomic E-state index is 0.0675. The summed E-state index contributed by atoms with van der Waals surface area (Å²) in [5.74, 6) is -1.16. The van der Waals surface area contributed by atoms with Crippen LogP contribution >= 0.6 is 0 Å². The summed E-state index contributed by atoms with van der Waals surface area (Å²) >= 11 is 0. The molecule has 0 aliphatic carbocycles. The number of benzene rings is 2. The number of hydrogen-bond acceptors (Lipinski definition) is 4. The highest BCUT2D eigenvalue weighted by Gasteiger charge is 2.14. The van der Waals surface area contributed by atoms with Crippen molar-refractivity contribution in [2.75, 3.05) is 11.9 Å². The van der Waals surface area contributed by atoms with E-state index in [2.05, 4.69) is 15.6 Å². The van der Waals surface area contributed by atoms with Gasteiger partial charge in [0.15, 0.2) is 6.61 Å². The molecule has 29 heavy (non-hydrogen) atoms. The molecule has 2 aromatic carbocycles. The number of ether oxygens (including phenoxy) is 1. The van der Waals surface area contributed by atoms with Gasteiger partial charge in [-0.15, -0.1) is 0 Å². The second kappa shape index (κ2) is 9.45. The Morgan fingerprint density at radius 1 is 1.03 bits per heavy atom. The van der Waals surface area contributed by atoms with Gasteiger partial charge in [0.05, 0.1) is 23.5 Å². The molecule has 0 fully saturated rings. The van der Waals surface area contributed by atoms with Gasteiger partial charge in [0.1, 0.15) is 11.6 Å². The first kappa shape index (κ1) is 20.0. The summed E-state index contributed by atoms with van der Waals surface area (Å²) in [4.78, 5) is 28.9. The second-order valence-electron chi connectivity index (χ2n) is 6.26. The van der Waals surface area contributed by atoms with Crippen molar-refractivity contribution in [3.05, 3.63) is 89.5 Å². The average molecular weight is 393 g/mol. The van der Waals surface area contributed by atoms with Gasteiger partial charge >= 0.3 is 0 Å². The van der Waals surface area contributed by atoms with Crippen molar-refractivity contribution in [1.82, 2.24) is 10.3 Å². The molecule has 0 aliphatic rings. The molecule has 0 unspecified atom stereocenters. The van der Waals surface area contributed by atoms with Crippen LogP contribution in [-0.2, 0) is 11.3 Å². The van der Waals surface area contributed by atoms with Gasteiger partial charge in [-0.3, -0.25) is 14.6 Å². The number of aryl methyl sites for hydroxylation is 1. The van der Waals surface area contributed by atoms with E-state index in [0.717, 1.165) is 11.3 Å². The van der Waals surface area contributed by atoms with E-state index in [9.17, 15) is 14.0 Å². The molecule has 6 nitrogen and oxygen atoms in total. The number of rotatable bonds is 7. The summed E-state index contributed by atoms with van der Waals surface area (Å²) in [7, 11) is 0. The first-order valence-electron chi connectivity index (χ1n) is 8.99. The summed E-state index contributed by atoms with van der Waals surface area (Å²) < 4.78 is 19.1. The standard InChI is InChI=1S/C22H20FN3O3/c1-15-7-6-12-24-19(15)13-25-22(28)16-8-2-5-11-20(16)29-14-21(27)26-18-10-4-3-9-17(18)23/h2-12H,13-14H2,1H3,(H,25,28)(H,26,27). The number of carbonyl (C=O) groups is 2. The lowest BCUT2D eigenvalue weighted by Gasteiger charge is -2.12. The normalized spacial score (nSPS) is 10.3. The summed E-state index contributed by atoms with van der Waals surface area (Å²) in [6, 6.07) is 16.2. The maximum atomic E-state index is 13.6. The molecule has 2 N–H and O–H groups in total. The minimum atomic E-state index is -0.537. The molecule has 2 amide bonds. The highest BCUT2D eigenvalue weighted by molar-refractivity contribution is 5.97. The van der Waals surface area contributed by atoms with Crippen LogP contribution in [-0.4, -0.2) is 23.4 Å². The van der Waals surface area contributed by atoms with Gasteiger partial charge in [-0.1, -0.05) is 30.3 Å². The van der Waals surface area contributed by atoms with Gasteiger partial charge in [-0.25, -0.2) is 4.39 Å². The Labute approximate surface area is 167 Å². The van der Waals surface area contributed by atoms with Crippen LogP contribution in [0.4, 0.5) is 10.1 Å². The quantitative estimate of drug-likeness (QED) is 0.644. The Balaban J connectivity index is 1.61. The number of hydrogen-bond donors (Lipinski definition) is 2. The van der Waals surface area contributed by atoms with Crippen LogP contribution in [0.3, 0.4) is 0 Å². The van der Waals surface area contributed by atoms with Crippen molar-refractivity contribution in [3.63, 3.8) is 0 Å². The van der Waals surface area contributed by atoms with Crippen molar-refractivity contribution >= 4 is 17.5 Å². The van der Waals surface area contributed by atoms with E-state index in [1.54, 1.807) is 36.5 Å². The lowest BCUT2D eigenvalue weighted by atomic mass is 10.1. The van der Waals surface area contributed by atoms with E-state index in [1.807, 2.05) is 19.1 Å². The lowest BCUT2D eigenvalue weighted by Crippen LogP contribution is -2.25. The zero-order valence-corrected chi connectivity index (χ0v) is 15.8. The van der Waals surface area contributed by atoms with Crippen LogP contribution in [0, 0.1) is 12.7 Å². The smallest absolute Gasteiger partial charge is 0.262 e. The van der Waals surface area contributed by atoms with E-state index in [4.69, 9.17) is 4.74 Å². The minimum Gasteiger partial charge on any atom is -0.483 e. The van der Waals surface area contributed by atoms with Crippen LogP contribution in [0.25, 0.3) is 0 Å². The van der Waals surface area contributed by atoms with Gasteiger partial charge in [-0.05, 0) is 42.8 Å². The number of pyridine rings is 1. The highest BCUT2D eigenvalue weighted by atomic mass is 19.1. The number of para-hydroxylation sites is 2. The van der Waals surface area contributed by atoms with E-state index in [1.165, 1.54) is 18.2 Å². The van der Waals surface area contributed by atoms with E-state index in [0.29, 0.717) is 5.56 Å². The Bertz CT molecular complexity index is 1020. The third-order valence-electron chi connectivity index (χ3n) is 4.17. The molecule has 0 radical (unpaired) electrons. The Kier molecular flexibility index (Phi) is 6.52. The predicted molar refractivity (Wildman–Crippen MR) is 107 cm³/mol. The molecule has 0 spiro atoms. The monoisotopic (exact) mass is 393 g/mol. The van der Waals surface area contributed by atoms with Crippen molar-refractivity contribution in [1.29, 1.82) is 0 Å². The maximum absolute atomic E-state index is 13.6. The van der Waals surface area contributed by atoms with Crippen LogP contribution < -0.4 is 15.4 Å². The van der Waals surface area contributed by atoms with E-state index in [-0.39, 0.29) is 30.5 Å². The topological polar surface area (TPSA) is 80.3 Å². The molecule has 0 saturated carbocycles. The number of amides is 2. The Hall–Kier alpha value is -3.74. The first-order valence-corrected chi connectivity index (χ1v) is 8.99.